The maximum atomic E-state index is 8.00. The zero-order valence-corrected chi connectivity index (χ0v) is 58.0. The summed E-state index contributed by atoms with van der Waals surface area (Å²) in [7, 11) is 6.72. The van der Waals surface area contributed by atoms with Gasteiger partial charge >= 0.3 is 0 Å². The normalized spacial score (nSPS) is 20.2. The summed E-state index contributed by atoms with van der Waals surface area (Å²) in [5.41, 5.74) is 21.6. The lowest BCUT2D eigenvalue weighted by atomic mass is 9.61. The van der Waals surface area contributed by atoms with Crippen molar-refractivity contribution in [3.05, 3.63) is 179 Å². The van der Waals surface area contributed by atoms with E-state index in [1.165, 1.54) is 132 Å². The molecule has 2 saturated carbocycles. The second-order valence-electron chi connectivity index (χ2n) is 25.1. The molecule has 3 atom stereocenters. The van der Waals surface area contributed by atoms with Crippen LogP contribution in [0.3, 0.4) is 0 Å². The Balaban J connectivity index is 0.00000161. The van der Waals surface area contributed by atoms with Gasteiger partial charge < -0.3 is 29.7 Å². The monoisotopic (exact) mass is 1200 g/mol. The summed E-state index contributed by atoms with van der Waals surface area (Å²) >= 11 is 0. The van der Waals surface area contributed by atoms with Crippen LogP contribution in [0.5, 0.6) is 0 Å². The van der Waals surface area contributed by atoms with Crippen LogP contribution in [-0.2, 0) is 17.9 Å². The van der Waals surface area contributed by atoms with Crippen molar-refractivity contribution in [1.82, 2.24) is 24.6 Å². The fourth-order valence-electron chi connectivity index (χ4n) is 13.3. The van der Waals surface area contributed by atoms with Gasteiger partial charge in [-0.2, -0.15) is 0 Å². The third-order valence-corrected chi connectivity index (χ3v) is 18.2. The van der Waals surface area contributed by atoms with Gasteiger partial charge in [0.15, 0.2) is 0 Å². The van der Waals surface area contributed by atoms with Gasteiger partial charge in [-0.15, -0.1) is 19.7 Å². The lowest BCUT2D eigenvalue weighted by molar-refractivity contribution is -0.0980. The Morgan fingerprint density at radius 1 is 0.864 bits per heavy atom. The lowest BCUT2D eigenvalue weighted by Crippen LogP contribution is -2.44. The van der Waals surface area contributed by atoms with Crippen LogP contribution in [0.1, 0.15) is 208 Å². The number of fused-ring (bicyclic) bond motifs is 3. The molecular formula is C80H127N7O. The van der Waals surface area contributed by atoms with E-state index in [0.29, 0.717) is 11.3 Å². The summed E-state index contributed by atoms with van der Waals surface area (Å²) in [6.07, 6.45) is 28.3. The highest BCUT2D eigenvalue weighted by Crippen LogP contribution is 2.59. The second-order valence-corrected chi connectivity index (χ2v) is 25.1. The number of hydrogen-bond acceptors (Lipinski definition) is 8. The van der Waals surface area contributed by atoms with E-state index < -0.39 is 0 Å². The first-order valence-corrected chi connectivity index (χ1v) is 33.7. The molecule has 88 heavy (non-hydrogen) atoms. The summed E-state index contributed by atoms with van der Waals surface area (Å²) in [4.78, 5) is 26.1. The number of nitrogens with one attached hydrogen (secondary N) is 1. The van der Waals surface area contributed by atoms with Gasteiger partial charge in [0.2, 0.25) is 0 Å². The number of carbonyl (C=O) groups is 1. The van der Waals surface area contributed by atoms with Crippen LogP contribution in [0.25, 0.3) is 16.6 Å². The molecule has 2 aromatic carbocycles. The van der Waals surface area contributed by atoms with E-state index >= 15 is 0 Å². The van der Waals surface area contributed by atoms with E-state index in [-0.39, 0.29) is 7.43 Å². The first-order chi connectivity index (χ1) is 41.9. The number of hydrogen-bond donors (Lipinski definition) is 1. The number of nitrogens with zero attached hydrogens (tertiary/aromatic N) is 6. The first-order valence-electron chi connectivity index (χ1n) is 33.7. The number of likely N-dealkylation sites (N-methyl/N-ethyl adjacent to an activating group) is 1. The Bertz CT molecular complexity index is 2780. The number of aromatic nitrogens is 1. The third kappa shape index (κ3) is 23.2. The molecule has 0 spiro atoms. The summed E-state index contributed by atoms with van der Waals surface area (Å²) in [6, 6.07) is 16.8. The highest BCUT2D eigenvalue weighted by Gasteiger charge is 2.46. The van der Waals surface area contributed by atoms with Gasteiger partial charge in [0.1, 0.15) is 6.79 Å². The van der Waals surface area contributed by atoms with Gasteiger partial charge in [-0.3, -0.25) is 4.90 Å². The Hall–Kier alpha value is -5.80. The number of piperazine rings is 1. The molecule has 8 nitrogen and oxygen atoms in total. The predicted molar refractivity (Wildman–Crippen MR) is 393 cm³/mol. The average Bonchev–Trinajstić information content (AvgIpc) is 2.72. The van der Waals surface area contributed by atoms with Gasteiger partial charge in [0, 0.05) is 95.7 Å². The molecule has 0 bridgehead atoms. The van der Waals surface area contributed by atoms with E-state index in [4.69, 9.17) is 9.78 Å². The number of pyridine rings is 1. The fourth-order valence-corrected chi connectivity index (χ4v) is 13.3. The molecule has 2 aliphatic heterocycles. The molecule has 1 saturated heterocycles. The van der Waals surface area contributed by atoms with Crippen LogP contribution in [0.4, 0.5) is 11.4 Å². The number of unbranched alkanes of at least 4 members (excludes halogenated alkanes) is 3. The summed E-state index contributed by atoms with van der Waals surface area (Å²) < 4.78 is 0. The number of anilines is 2. The Morgan fingerprint density at radius 2 is 1.51 bits per heavy atom. The van der Waals surface area contributed by atoms with Gasteiger partial charge in [-0.1, -0.05) is 154 Å². The van der Waals surface area contributed by atoms with Gasteiger partial charge in [0.05, 0.1) is 16.9 Å². The minimum absolute atomic E-state index is 0. The average molecular weight is 1200 g/mol. The molecule has 8 heteroatoms. The van der Waals surface area contributed by atoms with Crippen LogP contribution in [0.15, 0.2) is 157 Å². The van der Waals surface area contributed by atoms with E-state index in [9.17, 15) is 0 Å². The van der Waals surface area contributed by atoms with Crippen molar-refractivity contribution in [3.8, 4) is 0 Å². The molecule has 488 valence electrons. The third-order valence-electron chi connectivity index (χ3n) is 18.2. The van der Waals surface area contributed by atoms with Crippen LogP contribution in [-0.4, -0.2) is 111 Å². The maximum Gasteiger partial charge on any atom is 0.106 e. The van der Waals surface area contributed by atoms with Gasteiger partial charge in [-0.05, 0) is 212 Å². The van der Waals surface area contributed by atoms with E-state index in [0.717, 1.165) is 126 Å². The molecule has 3 heterocycles. The fraction of sp³-hybridized carbons (Fsp3) is 0.550. The molecule has 5 aliphatic rings. The minimum atomic E-state index is 0. The molecule has 1 aromatic heterocycles. The number of allylic oxidation sites excluding steroid dienone is 13. The Kier molecular flexibility index (Phi) is 36.9. The maximum absolute atomic E-state index is 8.00. The van der Waals surface area contributed by atoms with Crippen LogP contribution in [0, 0.1) is 11.3 Å². The van der Waals surface area contributed by atoms with Crippen molar-refractivity contribution in [3.63, 3.8) is 0 Å². The van der Waals surface area contributed by atoms with Crippen molar-refractivity contribution in [2.75, 3.05) is 90.3 Å². The standard InChI is InChI=1S/C66H93N7.C5H10.C3H6.2C2H6.CH2O.CH4/c1-12-20-51(14-3)53(40-48(4)5)43-64-65-54(46-71(64)11)42-59-61(47-73-38-36-69(9)37-39-73)62(28-29-63(59)68-65)67-31-35-72(32-13-2)34-18-16-15-17-33-70(10)56-25-23-52(24-26-56)60-45-66(8)30-19-21-55(66)44-58(60)57-27-22-49(6)41-50(57)7;1-4-5(2)3;1-3-2;3*1-2;/h12,14,23-26,28-29,41-43,55,60,67H,1,3-4,6,13,15-22,27,30-40,44-47H2,2,5,7-11H3;2,4H2,1,3H3;3H,1H2,2H3;2*1-2H3;1H2;1H4/b53-51+,58-57+,64-43-;;;;;;/t55?,60-,66+;;;;;;/m1....../s1. The summed E-state index contributed by atoms with van der Waals surface area (Å²) in [6.45, 7) is 60.6. The number of rotatable bonds is 24. The molecule has 3 fully saturated rings. The topological polar surface area (TPSA) is 58.2 Å². The Labute approximate surface area is 541 Å². The van der Waals surface area contributed by atoms with Crippen molar-refractivity contribution < 1.29 is 4.79 Å². The largest absolute Gasteiger partial charge is 0.383 e. The van der Waals surface area contributed by atoms with Gasteiger partial charge in [-0.25, -0.2) is 4.98 Å². The summed E-state index contributed by atoms with van der Waals surface area (Å²) in [5, 5.41) is 5.25. The van der Waals surface area contributed by atoms with Crippen LogP contribution < -0.4 is 10.2 Å². The van der Waals surface area contributed by atoms with Gasteiger partial charge in [0.25, 0.3) is 0 Å². The first kappa shape index (κ1) is 78.3. The molecule has 0 amide bonds. The molecule has 0 radical (unpaired) electrons. The summed E-state index contributed by atoms with van der Waals surface area (Å²) in [5.74, 6) is 1.39. The zero-order chi connectivity index (χ0) is 64.6. The van der Waals surface area contributed by atoms with Crippen molar-refractivity contribution in [2.24, 2.45) is 11.3 Å². The van der Waals surface area contributed by atoms with Crippen LogP contribution in [0.2, 0.25) is 0 Å². The number of benzene rings is 2. The molecule has 1 unspecified atom stereocenters. The molecule has 3 aromatic rings. The molecule has 8 rings (SSSR count). The van der Waals surface area contributed by atoms with E-state index in [2.05, 4.69) is 180 Å². The second kappa shape index (κ2) is 41.5. The van der Waals surface area contributed by atoms with E-state index in [1.807, 2.05) is 60.5 Å². The molecular weight excluding hydrogens is 1070 g/mol. The highest BCUT2D eigenvalue weighted by molar-refractivity contribution is 5.90. The quantitative estimate of drug-likeness (QED) is 0.0541. The van der Waals surface area contributed by atoms with Crippen molar-refractivity contribution in [1.29, 1.82) is 0 Å². The van der Waals surface area contributed by atoms with Crippen molar-refractivity contribution in [2.45, 2.75) is 199 Å². The van der Waals surface area contributed by atoms with Crippen molar-refractivity contribution >= 4 is 34.8 Å². The minimum Gasteiger partial charge on any atom is -0.383 e. The Morgan fingerprint density at radius 3 is 2.10 bits per heavy atom. The smallest absolute Gasteiger partial charge is 0.106 e. The number of carbonyl (C=O) groups excluding carboxylic acids is 1. The molecule has 1 N–H and O–H groups in total. The van der Waals surface area contributed by atoms with E-state index in [1.54, 1.807) is 17.2 Å². The molecule has 3 aliphatic carbocycles. The SMILES string of the molecule is C.C=C(C)CC.C=CC.C=CC/C(C=C)=C(/C=C1/c2nc3ccc(NCCN(CCC)CCCCCCN(C)c4ccc([C@H]5C[C@]6(C)CCCC6C/C5=C5/CCC(=C)C=C5C)cc4)c(CN4CCN(C)CC4)c3cc2CN1C)CC(=C)C.C=O.CC.CC. The highest BCUT2D eigenvalue weighted by atomic mass is 16.1. The predicted octanol–water partition coefficient (Wildman–Crippen LogP) is 20.6. The lowest BCUT2D eigenvalue weighted by Gasteiger charge is -2.44. The zero-order valence-electron chi connectivity index (χ0n) is 58.0. The van der Waals surface area contributed by atoms with Crippen LogP contribution >= 0.6 is 0 Å².